The SMILES string of the molecule is CCC(CC)Nc1nc(CN2CCOCC2)nc2sc3c(c12)CCCC3. The van der Waals surface area contributed by atoms with Gasteiger partial charge in [0, 0.05) is 24.0 Å². The van der Waals surface area contributed by atoms with Crippen LogP contribution in [-0.4, -0.2) is 47.2 Å². The normalized spacial score (nSPS) is 18.4. The number of anilines is 1. The van der Waals surface area contributed by atoms with Crippen LogP contribution in [0.4, 0.5) is 5.82 Å². The largest absolute Gasteiger partial charge is 0.379 e. The number of hydrogen-bond acceptors (Lipinski definition) is 6. The van der Waals surface area contributed by atoms with Crippen LogP contribution in [0.2, 0.25) is 0 Å². The second-order valence-corrected chi connectivity index (χ2v) is 8.51. The molecule has 0 atom stereocenters. The molecular weight excluding hydrogens is 344 g/mol. The lowest BCUT2D eigenvalue weighted by Crippen LogP contribution is -2.36. The molecule has 5 nitrogen and oxygen atoms in total. The second-order valence-electron chi connectivity index (χ2n) is 7.43. The lowest BCUT2D eigenvalue weighted by molar-refractivity contribution is 0.0331. The predicted molar refractivity (Wildman–Crippen MR) is 108 cm³/mol. The van der Waals surface area contributed by atoms with Gasteiger partial charge in [0.05, 0.1) is 25.1 Å². The number of rotatable bonds is 6. The van der Waals surface area contributed by atoms with Gasteiger partial charge in [-0.15, -0.1) is 11.3 Å². The Morgan fingerprint density at radius 2 is 1.88 bits per heavy atom. The van der Waals surface area contributed by atoms with Crippen molar-refractivity contribution < 1.29 is 4.74 Å². The van der Waals surface area contributed by atoms with Crippen molar-refractivity contribution in [1.82, 2.24) is 14.9 Å². The predicted octanol–water partition coefficient (Wildman–Crippen LogP) is 4.00. The quantitative estimate of drug-likeness (QED) is 0.828. The molecule has 0 saturated carbocycles. The minimum absolute atomic E-state index is 0.475. The van der Waals surface area contributed by atoms with Gasteiger partial charge < -0.3 is 10.1 Å². The summed E-state index contributed by atoms with van der Waals surface area (Å²) in [5, 5.41) is 5.06. The number of hydrogen-bond donors (Lipinski definition) is 1. The molecular formula is C20H30N4OS. The molecule has 3 heterocycles. The molecule has 0 aromatic carbocycles. The summed E-state index contributed by atoms with van der Waals surface area (Å²) in [5.41, 5.74) is 1.52. The van der Waals surface area contributed by atoms with E-state index >= 15 is 0 Å². The van der Waals surface area contributed by atoms with E-state index in [0.29, 0.717) is 6.04 Å². The first-order valence-corrected chi connectivity index (χ1v) is 11.0. The van der Waals surface area contributed by atoms with Crippen LogP contribution in [0.15, 0.2) is 0 Å². The molecule has 0 spiro atoms. The lowest BCUT2D eigenvalue weighted by Gasteiger charge is -2.26. The second kappa shape index (κ2) is 8.19. The molecule has 0 radical (unpaired) electrons. The van der Waals surface area contributed by atoms with Crippen LogP contribution < -0.4 is 5.32 Å². The highest BCUT2D eigenvalue weighted by molar-refractivity contribution is 7.19. The van der Waals surface area contributed by atoms with E-state index in [1.165, 1.54) is 46.3 Å². The molecule has 1 saturated heterocycles. The molecule has 0 bridgehead atoms. The molecule has 1 aliphatic carbocycles. The number of aryl methyl sites for hydroxylation is 2. The maximum atomic E-state index is 5.48. The Morgan fingerprint density at radius 1 is 1.12 bits per heavy atom. The average molecular weight is 375 g/mol. The molecule has 1 aliphatic heterocycles. The summed E-state index contributed by atoms with van der Waals surface area (Å²) in [6, 6.07) is 0.475. The van der Waals surface area contributed by atoms with Crippen LogP contribution in [0.1, 0.15) is 55.8 Å². The van der Waals surface area contributed by atoms with E-state index in [4.69, 9.17) is 14.7 Å². The fraction of sp³-hybridized carbons (Fsp3) is 0.700. The fourth-order valence-corrected chi connectivity index (χ4v) is 5.30. The third-order valence-corrected chi connectivity index (χ3v) is 6.84. The van der Waals surface area contributed by atoms with Crippen molar-refractivity contribution in [2.24, 2.45) is 0 Å². The van der Waals surface area contributed by atoms with Gasteiger partial charge in [0.2, 0.25) is 0 Å². The van der Waals surface area contributed by atoms with E-state index in [9.17, 15) is 0 Å². The van der Waals surface area contributed by atoms with Crippen LogP contribution in [0.3, 0.4) is 0 Å². The first-order valence-electron chi connectivity index (χ1n) is 10.2. The van der Waals surface area contributed by atoms with Gasteiger partial charge in [0.1, 0.15) is 16.5 Å². The van der Waals surface area contributed by atoms with Gasteiger partial charge in [-0.25, -0.2) is 9.97 Å². The molecule has 26 heavy (non-hydrogen) atoms. The van der Waals surface area contributed by atoms with Gasteiger partial charge in [0.15, 0.2) is 0 Å². The topological polar surface area (TPSA) is 50.3 Å². The van der Waals surface area contributed by atoms with E-state index < -0.39 is 0 Å². The monoisotopic (exact) mass is 374 g/mol. The van der Waals surface area contributed by atoms with E-state index in [1.54, 1.807) is 0 Å². The molecule has 2 aromatic heterocycles. The zero-order valence-electron chi connectivity index (χ0n) is 16.0. The van der Waals surface area contributed by atoms with E-state index in [2.05, 4.69) is 24.1 Å². The Balaban J connectivity index is 1.71. The fourth-order valence-electron chi connectivity index (χ4n) is 4.02. The first-order chi connectivity index (χ1) is 12.8. The summed E-state index contributed by atoms with van der Waals surface area (Å²) in [5.74, 6) is 2.03. The van der Waals surface area contributed by atoms with Crippen molar-refractivity contribution in [3.8, 4) is 0 Å². The van der Waals surface area contributed by atoms with Gasteiger partial charge in [-0.3, -0.25) is 4.90 Å². The molecule has 6 heteroatoms. The molecule has 2 aliphatic rings. The smallest absolute Gasteiger partial charge is 0.146 e. The zero-order chi connectivity index (χ0) is 17.9. The van der Waals surface area contributed by atoms with Crippen molar-refractivity contribution in [2.45, 2.75) is 65.0 Å². The number of nitrogens with one attached hydrogen (secondary N) is 1. The Hall–Kier alpha value is -1.24. The van der Waals surface area contributed by atoms with Gasteiger partial charge >= 0.3 is 0 Å². The molecule has 2 aromatic rings. The lowest BCUT2D eigenvalue weighted by atomic mass is 9.97. The van der Waals surface area contributed by atoms with E-state index in [0.717, 1.165) is 57.3 Å². The highest BCUT2D eigenvalue weighted by Gasteiger charge is 2.23. The number of nitrogens with zero attached hydrogens (tertiary/aromatic N) is 3. The Morgan fingerprint density at radius 3 is 2.65 bits per heavy atom. The number of ether oxygens (including phenoxy) is 1. The summed E-state index contributed by atoms with van der Waals surface area (Å²) in [7, 11) is 0. The van der Waals surface area contributed by atoms with Gasteiger partial charge in [-0.1, -0.05) is 13.8 Å². The molecule has 4 rings (SSSR count). The molecule has 0 unspecified atom stereocenters. The first kappa shape index (κ1) is 18.1. The number of fused-ring (bicyclic) bond motifs is 3. The van der Waals surface area contributed by atoms with Crippen LogP contribution in [-0.2, 0) is 24.1 Å². The summed E-state index contributed by atoms with van der Waals surface area (Å²) >= 11 is 1.90. The van der Waals surface area contributed by atoms with Gasteiger partial charge in [-0.05, 0) is 44.1 Å². The van der Waals surface area contributed by atoms with Crippen molar-refractivity contribution in [2.75, 3.05) is 31.6 Å². The summed E-state index contributed by atoms with van der Waals surface area (Å²) < 4.78 is 5.48. The molecule has 142 valence electrons. The van der Waals surface area contributed by atoms with Crippen LogP contribution in [0.25, 0.3) is 10.2 Å². The Bertz CT molecular complexity index is 750. The standard InChI is InChI=1S/C20H30N4OS/c1-3-14(4-2)21-19-18-15-7-5-6-8-16(15)26-20(18)23-17(22-19)13-24-9-11-25-12-10-24/h14H,3-13H2,1-2H3,(H,21,22,23). The third-order valence-electron chi connectivity index (χ3n) is 5.66. The number of aromatic nitrogens is 2. The van der Waals surface area contributed by atoms with Crippen molar-refractivity contribution in [3.05, 3.63) is 16.3 Å². The highest BCUT2D eigenvalue weighted by atomic mass is 32.1. The summed E-state index contributed by atoms with van der Waals surface area (Å²) in [4.78, 5) is 15.1. The van der Waals surface area contributed by atoms with Crippen LogP contribution >= 0.6 is 11.3 Å². The zero-order valence-corrected chi connectivity index (χ0v) is 16.8. The third kappa shape index (κ3) is 3.73. The average Bonchev–Trinajstić information content (AvgIpc) is 3.05. The van der Waals surface area contributed by atoms with E-state index in [-0.39, 0.29) is 0 Å². The van der Waals surface area contributed by atoms with Crippen LogP contribution in [0.5, 0.6) is 0 Å². The molecule has 0 amide bonds. The van der Waals surface area contributed by atoms with E-state index in [1.807, 2.05) is 11.3 Å². The highest BCUT2D eigenvalue weighted by Crippen LogP contribution is 2.39. The minimum Gasteiger partial charge on any atom is -0.379 e. The maximum absolute atomic E-state index is 5.48. The Kier molecular flexibility index (Phi) is 5.72. The number of thiophene rings is 1. The minimum atomic E-state index is 0.475. The summed E-state index contributed by atoms with van der Waals surface area (Å²) in [6.45, 7) is 8.88. The van der Waals surface area contributed by atoms with Crippen molar-refractivity contribution >= 4 is 27.4 Å². The molecule has 1 N–H and O–H groups in total. The van der Waals surface area contributed by atoms with Gasteiger partial charge in [0.25, 0.3) is 0 Å². The van der Waals surface area contributed by atoms with Crippen LogP contribution in [0, 0.1) is 0 Å². The van der Waals surface area contributed by atoms with Crippen molar-refractivity contribution in [1.29, 1.82) is 0 Å². The summed E-state index contributed by atoms with van der Waals surface area (Å²) in [6.07, 6.45) is 7.22. The molecule has 1 fully saturated rings. The van der Waals surface area contributed by atoms with Gasteiger partial charge in [-0.2, -0.15) is 0 Å². The maximum Gasteiger partial charge on any atom is 0.146 e. The number of morpholine rings is 1. The van der Waals surface area contributed by atoms with Crippen molar-refractivity contribution in [3.63, 3.8) is 0 Å². The Labute approximate surface area is 160 Å².